The van der Waals surface area contributed by atoms with Gasteiger partial charge in [0.2, 0.25) is 0 Å². The quantitative estimate of drug-likeness (QED) is 0.825. The molecule has 1 atom stereocenters. The Labute approximate surface area is 144 Å². The van der Waals surface area contributed by atoms with E-state index in [0.29, 0.717) is 12.5 Å². The Balaban J connectivity index is 1.74. The zero-order valence-corrected chi connectivity index (χ0v) is 14.4. The summed E-state index contributed by atoms with van der Waals surface area (Å²) in [6.45, 7) is 0.527. The lowest BCUT2D eigenvalue weighted by atomic mass is 9.81. The number of methoxy groups -OCH3 is 1. The summed E-state index contributed by atoms with van der Waals surface area (Å²) < 4.78 is 11.5. The van der Waals surface area contributed by atoms with E-state index in [1.54, 1.807) is 7.11 Å². The maximum absolute atomic E-state index is 6.54. The van der Waals surface area contributed by atoms with Crippen LogP contribution in [-0.4, -0.2) is 7.11 Å². The number of hydrogen-bond donors (Lipinski definition) is 1. The Morgan fingerprint density at radius 1 is 1.00 bits per heavy atom. The van der Waals surface area contributed by atoms with Crippen LogP contribution < -0.4 is 15.2 Å². The molecule has 2 aromatic carbocycles. The molecule has 0 amide bonds. The van der Waals surface area contributed by atoms with E-state index in [2.05, 4.69) is 24.3 Å². The largest absolute Gasteiger partial charge is 0.493 e. The van der Waals surface area contributed by atoms with Crippen molar-refractivity contribution in [3.05, 3.63) is 59.7 Å². The van der Waals surface area contributed by atoms with Gasteiger partial charge in [-0.15, -0.1) is 0 Å². The molecule has 0 bridgehead atoms. The highest BCUT2D eigenvalue weighted by molar-refractivity contribution is 5.44. The minimum Gasteiger partial charge on any atom is -0.493 e. The van der Waals surface area contributed by atoms with Crippen molar-refractivity contribution >= 4 is 0 Å². The third-order valence-electron chi connectivity index (χ3n) is 4.97. The second kappa shape index (κ2) is 8.20. The smallest absolute Gasteiger partial charge is 0.161 e. The monoisotopic (exact) mass is 325 g/mol. The predicted octanol–water partition coefficient (Wildman–Crippen LogP) is 4.85. The van der Waals surface area contributed by atoms with E-state index in [4.69, 9.17) is 15.2 Å². The fraction of sp³-hybridized carbons (Fsp3) is 0.429. The molecule has 0 aromatic heterocycles. The molecule has 3 nitrogen and oxygen atoms in total. The van der Waals surface area contributed by atoms with Crippen LogP contribution in [0.5, 0.6) is 11.5 Å². The Hall–Kier alpha value is -2.00. The maximum Gasteiger partial charge on any atom is 0.161 e. The molecule has 0 unspecified atom stereocenters. The third kappa shape index (κ3) is 4.09. The van der Waals surface area contributed by atoms with E-state index >= 15 is 0 Å². The summed E-state index contributed by atoms with van der Waals surface area (Å²) in [6.07, 6.45) is 6.40. The first kappa shape index (κ1) is 16.8. The number of hydrogen-bond acceptors (Lipinski definition) is 3. The zero-order valence-electron chi connectivity index (χ0n) is 14.4. The van der Waals surface area contributed by atoms with Gasteiger partial charge in [-0.2, -0.15) is 0 Å². The van der Waals surface area contributed by atoms with Crippen molar-refractivity contribution in [1.82, 2.24) is 0 Å². The lowest BCUT2D eigenvalue weighted by Gasteiger charge is -2.28. The average molecular weight is 325 g/mol. The first-order chi connectivity index (χ1) is 11.8. The summed E-state index contributed by atoms with van der Waals surface area (Å²) in [5, 5.41) is 0. The Morgan fingerprint density at radius 2 is 1.75 bits per heavy atom. The van der Waals surface area contributed by atoms with Crippen LogP contribution in [0.1, 0.15) is 49.3 Å². The molecule has 0 aliphatic heterocycles. The topological polar surface area (TPSA) is 44.5 Å². The van der Waals surface area contributed by atoms with E-state index < -0.39 is 0 Å². The van der Waals surface area contributed by atoms with Crippen LogP contribution >= 0.6 is 0 Å². The zero-order chi connectivity index (χ0) is 16.8. The summed E-state index contributed by atoms with van der Waals surface area (Å²) in [7, 11) is 1.67. The van der Waals surface area contributed by atoms with Gasteiger partial charge in [0.25, 0.3) is 0 Å². The van der Waals surface area contributed by atoms with Crippen LogP contribution in [0.2, 0.25) is 0 Å². The first-order valence-electron chi connectivity index (χ1n) is 8.88. The third-order valence-corrected chi connectivity index (χ3v) is 4.97. The van der Waals surface area contributed by atoms with Crippen molar-refractivity contribution < 1.29 is 9.47 Å². The van der Waals surface area contributed by atoms with Gasteiger partial charge in [-0.3, -0.25) is 0 Å². The SMILES string of the molecule is COc1ccc([C@H](N)C2CCCCC2)cc1OCc1ccccc1. The molecule has 1 fully saturated rings. The fourth-order valence-corrected chi connectivity index (χ4v) is 3.51. The highest BCUT2D eigenvalue weighted by Crippen LogP contribution is 2.36. The standard InChI is InChI=1S/C21H27NO2/c1-23-19-13-12-18(21(22)17-10-6-3-7-11-17)14-20(19)24-15-16-8-4-2-5-9-16/h2,4-5,8-9,12-14,17,21H,3,6-7,10-11,15,22H2,1H3/t21-/m1/s1. The van der Waals surface area contributed by atoms with E-state index in [1.807, 2.05) is 24.3 Å². The van der Waals surface area contributed by atoms with Crippen LogP contribution in [-0.2, 0) is 6.61 Å². The molecule has 128 valence electrons. The van der Waals surface area contributed by atoms with Crippen molar-refractivity contribution in [2.45, 2.75) is 44.8 Å². The lowest BCUT2D eigenvalue weighted by molar-refractivity contribution is 0.281. The average Bonchev–Trinajstić information content (AvgIpc) is 2.67. The molecule has 3 heteroatoms. The molecule has 24 heavy (non-hydrogen) atoms. The Bertz CT molecular complexity index is 636. The summed E-state index contributed by atoms with van der Waals surface area (Å²) >= 11 is 0. The molecule has 2 aromatic rings. The van der Waals surface area contributed by atoms with E-state index in [9.17, 15) is 0 Å². The van der Waals surface area contributed by atoms with Gasteiger partial charge >= 0.3 is 0 Å². The molecule has 3 rings (SSSR count). The summed E-state index contributed by atoms with van der Waals surface area (Å²) in [4.78, 5) is 0. The van der Waals surface area contributed by atoms with Gasteiger partial charge in [0.05, 0.1) is 7.11 Å². The molecular formula is C21H27NO2. The molecule has 1 aliphatic rings. The second-order valence-electron chi connectivity index (χ2n) is 6.61. The molecule has 1 saturated carbocycles. The molecule has 2 N–H and O–H groups in total. The van der Waals surface area contributed by atoms with E-state index in [0.717, 1.165) is 22.6 Å². The van der Waals surface area contributed by atoms with Crippen LogP contribution in [0.25, 0.3) is 0 Å². The summed E-state index contributed by atoms with van der Waals surface area (Å²) in [5.41, 5.74) is 8.83. The van der Waals surface area contributed by atoms with Gasteiger partial charge in [0, 0.05) is 6.04 Å². The molecule has 1 aliphatic carbocycles. The van der Waals surface area contributed by atoms with Crippen LogP contribution in [0, 0.1) is 5.92 Å². The van der Waals surface area contributed by atoms with Crippen molar-refractivity contribution in [2.75, 3.05) is 7.11 Å². The van der Waals surface area contributed by atoms with Crippen molar-refractivity contribution in [2.24, 2.45) is 11.7 Å². The summed E-state index contributed by atoms with van der Waals surface area (Å²) in [6, 6.07) is 16.3. The van der Waals surface area contributed by atoms with Gasteiger partial charge in [0.15, 0.2) is 11.5 Å². The number of benzene rings is 2. The minimum absolute atomic E-state index is 0.0790. The Kier molecular flexibility index (Phi) is 5.76. The van der Waals surface area contributed by atoms with E-state index in [-0.39, 0.29) is 6.04 Å². The van der Waals surface area contributed by atoms with Crippen LogP contribution in [0.3, 0.4) is 0 Å². The molecular weight excluding hydrogens is 298 g/mol. The summed E-state index contributed by atoms with van der Waals surface area (Å²) in [5.74, 6) is 2.10. The van der Waals surface area contributed by atoms with E-state index in [1.165, 1.54) is 32.1 Å². The van der Waals surface area contributed by atoms with Crippen molar-refractivity contribution in [3.63, 3.8) is 0 Å². The number of rotatable bonds is 6. The van der Waals surface area contributed by atoms with Crippen molar-refractivity contribution in [1.29, 1.82) is 0 Å². The van der Waals surface area contributed by atoms with Gasteiger partial charge in [-0.25, -0.2) is 0 Å². The molecule has 0 heterocycles. The van der Waals surface area contributed by atoms with Gasteiger partial charge in [-0.1, -0.05) is 55.7 Å². The lowest BCUT2D eigenvalue weighted by Crippen LogP contribution is -2.23. The van der Waals surface area contributed by atoms with Crippen LogP contribution in [0.15, 0.2) is 48.5 Å². The second-order valence-corrected chi connectivity index (χ2v) is 6.61. The maximum atomic E-state index is 6.54. The molecule has 0 saturated heterocycles. The van der Waals surface area contributed by atoms with Gasteiger partial charge in [0.1, 0.15) is 6.61 Å². The highest BCUT2D eigenvalue weighted by atomic mass is 16.5. The minimum atomic E-state index is 0.0790. The first-order valence-corrected chi connectivity index (χ1v) is 8.88. The molecule has 0 radical (unpaired) electrons. The number of nitrogens with two attached hydrogens (primary N) is 1. The normalized spacial score (nSPS) is 16.6. The van der Waals surface area contributed by atoms with Gasteiger partial charge in [-0.05, 0) is 42.0 Å². The number of ether oxygens (including phenoxy) is 2. The Morgan fingerprint density at radius 3 is 2.46 bits per heavy atom. The molecule has 0 spiro atoms. The fourth-order valence-electron chi connectivity index (χ4n) is 3.51. The predicted molar refractivity (Wildman–Crippen MR) is 97.3 cm³/mol. The highest BCUT2D eigenvalue weighted by Gasteiger charge is 2.22. The van der Waals surface area contributed by atoms with Crippen LogP contribution in [0.4, 0.5) is 0 Å². The van der Waals surface area contributed by atoms with Crippen molar-refractivity contribution in [3.8, 4) is 11.5 Å². The van der Waals surface area contributed by atoms with Gasteiger partial charge < -0.3 is 15.2 Å².